The smallest absolute Gasteiger partial charge is 0.273 e. The van der Waals surface area contributed by atoms with Crippen molar-refractivity contribution in [3.05, 3.63) is 64.1 Å². The van der Waals surface area contributed by atoms with E-state index in [9.17, 15) is 23.1 Å². The second kappa shape index (κ2) is 7.73. The summed E-state index contributed by atoms with van der Waals surface area (Å²) in [6, 6.07) is 5.79. The first-order valence-electron chi connectivity index (χ1n) is 11.1. The molecule has 0 unspecified atom stereocenters. The number of H-pyrrole nitrogens is 1. The second-order valence-electron chi connectivity index (χ2n) is 8.86. The van der Waals surface area contributed by atoms with Crippen molar-refractivity contribution in [1.82, 2.24) is 19.6 Å². The minimum absolute atomic E-state index is 0.0103. The van der Waals surface area contributed by atoms with Crippen LogP contribution in [-0.2, 0) is 0 Å². The third kappa shape index (κ3) is 3.38. The Morgan fingerprint density at radius 1 is 1.15 bits per heavy atom. The molecule has 0 radical (unpaired) electrons. The molecule has 2 aliphatic heterocycles. The molecule has 2 aliphatic rings. The number of aromatic amines is 1. The molecule has 0 aliphatic carbocycles. The van der Waals surface area contributed by atoms with Gasteiger partial charge >= 0.3 is 0 Å². The summed E-state index contributed by atoms with van der Waals surface area (Å²) in [4.78, 5) is 23.5. The number of aliphatic hydroxyl groups excluding tert-OH is 1. The Bertz CT molecular complexity index is 1470. The number of halogens is 3. The van der Waals surface area contributed by atoms with Gasteiger partial charge in [0, 0.05) is 31.3 Å². The number of hydrogen-bond acceptors (Lipinski definition) is 6. The van der Waals surface area contributed by atoms with Crippen molar-refractivity contribution in [2.24, 2.45) is 0 Å². The van der Waals surface area contributed by atoms with Crippen LogP contribution in [0.1, 0.15) is 24.4 Å². The van der Waals surface area contributed by atoms with Gasteiger partial charge < -0.3 is 19.9 Å². The topological polar surface area (TPSA) is 89.8 Å². The number of aliphatic hydroxyl groups is 1. The molecule has 2 fully saturated rings. The number of pyridine rings is 1. The van der Waals surface area contributed by atoms with Gasteiger partial charge in [-0.1, -0.05) is 0 Å². The van der Waals surface area contributed by atoms with Crippen LogP contribution >= 0.6 is 0 Å². The van der Waals surface area contributed by atoms with Gasteiger partial charge in [-0.15, -0.1) is 5.10 Å². The number of anilines is 2. The largest absolute Gasteiger partial charge is 0.391 e. The predicted octanol–water partition coefficient (Wildman–Crippen LogP) is 2.71. The fourth-order valence-electron chi connectivity index (χ4n) is 4.99. The molecule has 0 saturated carbocycles. The maximum absolute atomic E-state index is 14.5. The minimum Gasteiger partial charge on any atom is -0.391 e. The van der Waals surface area contributed by atoms with Gasteiger partial charge in [-0.25, -0.2) is 22.7 Å². The van der Waals surface area contributed by atoms with E-state index in [2.05, 4.69) is 15.1 Å². The van der Waals surface area contributed by atoms with Gasteiger partial charge in [-0.05, 0) is 36.8 Å². The first-order chi connectivity index (χ1) is 16.4. The molecule has 5 heterocycles. The molecular weight excluding hydrogens is 449 g/mol. The Labute approximate surface area is 191 Å². The molecule has 6 rings (SSSR count). The second-order valence-corrected chi connectivity index (χ2v) is 8.86. The van der Waals surface area contributed by atoms with Crippen LogP contribution < -0.4 is 15.4 Å². The first-order valence-corrected chi connectivity index (χ1v) is 11.1. The first kappa shape index (κ1) is 21.0. The predicted molar refractivity (Wildman–Crippen MR) is 120 cm³/mol. The van der Waals surface area contributed by atoms with Gasteiger partial charge in [0.15, 0.2) is 11.3 Å². The van der Waals surface area contributed by atoms with Crippen LogP contribution in [0.2, 0.25) is 0 Å². The van der Waals surface area contributed by atoms with Gasteiger partial charge in [-0.3, -0.25) is 4.79 Å². The molecule has 2 saturated heterocycles. The average molecular weight is 470 g/mol. The lowest BCUT2D eigenvalue weighted by Gasteiger charge is -2.26. The molecule has 3 atom stereocenters. The summed E-state index contributed by atoms with van der Waals surface area (Å²) in [6.07, 6.45) is 0.512. The highest BCUT2D eigenvalue weighted by atomic mass is 19.1. The summed E-state index contributed by atoms with van der Waals surface area (Å²) < 4.78 is 44.3. The number of fused-ring (bicyclic) bond motifs is 3. The number of alkyl halides is 1. The van der Waals surface area contributed by atoms with E-state index in [0.717, 1.165) is 18.2 Å². The fourth-order valence-corrected chi connectivity index (χ4v) is 4.99. The SMILES string of the molecule is O=c1[nH]c2nn3ccc(N4C[C@@H](F)C[C@@H]4c4cc(F)ccc4F)nc3c2cc1N1CC[C@H](O)C1. The number of β-amino-alcohol motifs (C(OH)–C–C–N with tert-alkyl or cyclic N) is 1. The fraction of sp³-hybridized carbons (Fsp3) is 0.348. The number of nitrogens with zero attached hydrogens (tertiary/aromatic N) is 5. The van der Waals surface area contributed by atoms with Crippen molar-refractivity contribution in [3.8, 4) is 0 Å². The molecule has 0 amide bonds. The van der Waals surface area contributed by atoms with E-state index in [0.29, 0.717) is 47.7 Å². The van der Waals surface area contributed by atoms with E-state index in [1.54, 1.807) is 23.2 Å². The highest BCUT2D eigenvalue weighted by Crippen LogP contribution is 2.38. The van der Waals surface area contributed by atoms with Crippen molar-refractivity contribution in [1.29, 1.82) is 0 Å². The standard InChI is InChI=1S/C23H21F3N6O2/c24-12-1-2-17(26)15(7-12)18-8-13(25)10-31(18)20-4-6-32-22(27-20)16-9-19(23(34)28-21(16)29-32)30-5-3-14(33)11-30/h1-2,4,6-7,9,13-14,18,33H,3,5,8,10-11H2,(H,28,29,34)/t13-,14-,18+/m0/s1. The Morgan fingerprint density at radius 3 is 2.79 bits per heavy atom. The highest BCUT2D eigenvalue weighted by molar-refractivity contribution is 5.92. The molecule has 4 aromatic rings. The lowest BCUT2D eigenvalue weighted by atomic mass is 10.0. The normalized spacial score (nSPS) is 23.0. The molecular formula is C23H21F3N6O2. The summed E-state index contributed by atoms with van der Waals surface area (Å²) in [5.74, 6) is -0.795. The Balaban J connectivity index is 1.45. The molecule has 8 nitrogen and oxygen atoms in total. The summed E-state index contributed by atoms with van der Waals surface area (Å²) in [5, 5.41) is 14.8. The third-order valence-corrected chi connectivity index (χ3v) is 6.62. The van der Waals surface area contributed by atoms with Crippen molar-refractivity contribution in [2.75, 3.05) is 29.4 Å². The maximum atomic E-state index is 14.5. The zero-order valence-corrected chi connectivity index (χ0v) is 18.0. The van der Waals surface area contributed by atoms with Crippen LogP contribution in [0.15, 0.2) is 41.3 Å². The molecule has 34 heavy (non-hydrogen) atoms. The third-order valence-electron chi connectivity index (χ3n) is 6.62. The van der Waals surface area contributed by atoms with Crippen molar-refractivity contribution >= 4 is 28.2 Å². The number of aromatic nitrogens is 4. The molecule has 3 aromatic heterocycles. The van der Waals surface area contributed by atoms with Crippen LogP contribution in [0.25, 0.3) is 16.7 Å². The van der Waals surface area contributed by atoms with Crippen LogP contribution in [0.3, 0.4) is 0 Å². The number of benzene rings is 1. The summed E-state index contributed by atoms with van der Waals surface area (Å²) in [6.45, 7) is 0.906. The highest BCUT2D eigenvalue weighted by Gasteiger charge is 2.36. The van der Waals surface area contributed by atoms with E-state index in [1.165, 1.54) is 4.52 Å². The number of rotatable bonds is 3. The Kier molecular flexibility index (Phi) is 4.76. The van der Waals surface area contributed by atoms with Crippen LogP contribution in [0.4, 0.5) is 24.7 Å². The molecule has 11 heteroatoms. The number of hydrogen-bond donors (Lipinski definition) is 2. The van der Waals surface area contributed by atoms with E-state index in [4.69, 9.17) is 0 Å². The lowest BCUT2D eigenvalue weighted by molar-refractivity contribution is 0.198. The van der Waals surface area contributed by atoms with Crippen molar-refractivity contribution < 1.29 is 18.3 Å². The monoisotopic (exact) mass is 470 g/mol. The van der Waals surface area contributed by atoms with Crippen LogP contribution in [-0.4, -0.2) is 56.6 Å². The summed E-state index contributed by atoms with van der Waals surface area (Å²) in [7, 11) is 0. The average Bonchev–Trinajstić information content (AvgIpc) is 3.50. The Morgan fingerprint density at radius 2 is 2.00 bits per heavy atom. The number of nitrogens with one attached hydrogen (secondary N) is 1. The van der Waals surface area contributed by atoms with Gasteiger partial charge in [-0.2, -0.15) is 0 Å². The minimum atomic E-state index is -1.23. The van der Waals surface area contributed by atoms with E-state index >= 15 is 0 Å². The van der Waals surface area contributed by atoms with Crippen molar-refractivity contribution in [2.45, 2.75) is 31.2 Å². The zero-order chi connectivity index (χ0) is 23.6. The molecule has 1 aromatic carbocycles. The van der Waals surface area contributed by atoms with Gasteiger partial charge in [0.05, 0.1) is 24.1 Å². The molecule has 176 valence electrons. The molecule has 2 N–H and O–H groups in total. The summed E-state index contributed by atoms with van der Waals surface area (Å²) in [5.41, 5.74) is 0.961. The maximum Gasteiger partial charge on any atom is 0.273 e. The Hall–Kier alpha value is -3.60. The van der Waals surface area contributed by atoms with E-state index in [1.807, 2.05) is 4.90 Å². The van der Waals surface area contributed by atoms with E-state index < -0.39 is 30.0 Å². The lowest BCUT2D eigenvalue weighted by Crippen LogP contribution is -2.27. The molecule has 0 bridgehead atoms. The summed E-state index contributed by atoms with van der Waals surface area (Å²) >= 11 is 0. The quantitative estimate of drug-likeness (QED) is 0.479. The van der Waals surface area contributed by atoms with Gasteiger partial charge in [0.2, 0.25) is 0 Å². The van der Waals surface area contributed by atoms with E-state index in [-0.39, 0.29) is 24.1 Å². The van der Waals surface area contributed by atoms with Gasteiger partial charge in [0.1, 0.15) is 29.3 Å². The van der Waals surface area contributed by atoms with Crippen LogP contribution in [0, 0.1) is 11.6 Å². The van der Waals surface area contributed by atoms with Crippen molar-refractivity contribution in [3.63, 3.8) is 0 Å². The van der Waals surface area contributed by atoms with Gasteiger partial charge in [0.25, 0.3) is 5.56 Å². The molecule has 0 spiro atoms. The zero-order valence-electron chi connectivity index (χ0n) is 18.0. The van der Waals surface area contributed by atoms with Crippen LogP contribution in [0.5, 0.6) is 0 Å².